The van der Waals surface area contributed by atoms with Crippen LogP contribution in [0.4, 0.5) is 5.69 Å². The van der Waals surface area contributed by atoms with Gasteiger partial charge < -0.3 is 19.9 Å². The van der Waals surface area contributed by atoms with Gasteiger partial charge in [0.1, 0.15) is 6.61 Å². The van der Waals surface area contributed by atoms with E-state index in [9.17, 15) is 9.90 Å². The lowest BCUT2D eigenvalue weighted by molar-refractivity contribution is 0.0696. The van der Waals surface area contributed by atoms with Crippen LogP contribution in [0.2, 0.25) is 10.0 Å². The van der Waals surface area contributed by atoms with Gasteiger partial charge in [-0.2, -0.15) is 0 Å². The molecular weight excluding hydrogens is 425 g/mol. The Labute approximate surface area is 185 Å². The number of halogens is 2. The summed E-state index contributed by atoms with van der Waals surface area (Å²) in [5.41, 5.74) is 3.29. The van der Waals surface area contributed by atoms with Gasteiger partial charge in [0.2, 0.25) is 0 Å². The standard InChI is InChI=1S/C23H21Cl2NO4/c1-14-17(23(27)28)7-5-9-20(14)26-12-16-10-21(29-2)22(11-19(16)25)30-13-15-6-3-4-8-18(15)24/h3-11,26H,12-13H2,1-2H3,(H,27,28). The molecule has 3 aromatic carbocycles. The Balaban J connectivity index is 1.76. The van der Waals surface area contributed by atoms with Gasteiger partial charge >= 0.3 is 5.97 Å². The van der Waals surface area contributed by atoms with E-state index < -0.39 is 5.97 Å². The molecule has 0 saturated carbocycles. The van der Waals surface area contributed by atoms with Crippen molar-refractivity contribution in [1.29, 1.82) is 0 Å². The normalized spacial score (nSPS) is 10.5. The maximum Gasteiger partial charge on any atom is 0.336 e. The molecule has 0 aliphatic rings. The molecule has 3 aromatic rings. The van der Waals surface area contributed by atoms with Crippen molar-refractivity contribution < 1.29 is 19.4 Å². The van der Waals surface area contributed by atoms with Crippen LogP contribution >= 0.6 is 23.2 Å². The SMILES string of the molecule is COc1cc(CNc2cccc(C(=O)O)c2C)c(Cl)cc1OCc1ccccc1Cl. The monoisotopic (exact) mass is 445 g/mol. The first-order valence-electron chi connectivity index (χ1n) is 9.20. The van der Waals surface area contributed by atoms with Crippen LogP contribution in [0.1, 0.15) is 27.0 Å². The van der Waals surface area contributed by atoms with Gasteiger partial charge in [-0.15, -0.1) is 0 Å². The van der Waals surface area contributed by atoms with Crippen LogP contribution in [0, 0.1) is 6.92 Å². The number of carboxylic acids is 1. The molecule has 0 saturated heterocycles. The average molecular weight is 446 g/mol. The number of carboxylic acid groups (broad SMARTS) is 1. The van der Waals surface area contributed by atoms with Gasteiger partial charge in [0.25, 0.3) is 0 Å². The lowest BCUT2D eigenvalue weighted by Crippen LogP contribution is -2.06. The second kappa shape index (κ2) is 9.74. The van der Waals surface area contributed by atoms with Gasteiger partial charge in [-0.25, -0.2) is 4.79 Å². The highest BCUT2D eigenvalue weighted by Crippen LogP contribution is 2.35. The largest absolute Gasteiger partial charge is 0.493 e. The highest BCUT2D eigenvalue weighted by atomic mass is 35.5. The zero-order valence-corrected chi connectivity index (χ0v) is 18.1. The summed E-state index contributed by atoms with van der Waals surface area (Å²) in [4.78, 5) is 11.3. The van der Waals surface area contributed by atoms with E-state index in [1.54, 1.807) is 44.4 Å². The number of carbonyl (C=O) groups is 1. The second-order valence-electron chi connectivity index (χ2n) is 6.61. The Morgan fingerprint density at radius 1 is 1.00 bits per heavy atom. The van der Waals surface area contributed by atoms with E-state index in [-0.39, 0.29) is 12.2 Å². The van der Waals surface area contributed by atoms with Gasteiger partial charge in [0, 0.05) is 33.9 Å². The molecule has 7 heteroatoms. The maximum absolute atomic E-state index is 11.3. The molecule has 0 heterocycles. The van der Waals surface area contributed by atoms with Gasteiger partial charge in [0.15, 0.2) is 11.5 Å². The summed E-state index contributed by atoms with van der Waals surface area (Å²) in [5, 5.41) is 13.7. The molecule has 0 radical (unpaired) electrons. The van der Waals surface area contributed by atoms with Crippen molar-refractivity contribution in [2.75, 3.05) is 12.4 Å². The topological polar surface area (TPSA) is 67.8 Å². The number of nitrogens with one attached hydrogen (secondary N) is 1. The van der Waals surface area contributed by atoms with Crippen LogP contribution in [-0.4, -0.2) is 18.2 Å². The van der Waals surface area contributed by atoms with E-state index in [1.165, 1.54) is 0 Å². The lowest BCUT2D eigenvalue weighted by atomic mass is 10.1. The number of methoxy groups -OCH3 is 1. The number of hydrogen-bond acceptors (Lipinski definition) is 4. The van der Waals surface area contributed by atoms with E-state index in [4.69, 9.17) is 32.7 Å². The number of rotatable bonds is 8. The Hall–Kier alpha value is -2.89. The predicted molar refractivity (Wildman–Crippen MR) is 119 cm³/mol. The van der Waals surface area contributed by atoms with Crippen molar-refractivity contribution >= 4 is 34.9 Å². The number of benzene rings is 3. The fourth-order valence-electron chi connectivity index (χ4n) is 3.01. The summed E-state index contributed by atoms with van der Waals surface area (Å²) in [6.45, 7) is 2.44. The average Bonchev–Trinajstić information content (AvgIpc) is 2.73. The Morgan fingerprint density at radius 2 is 1.77 bits per heavy atom. The Morgan fingerprint density at radius 3 is 2.47 bits per heavy atom. The number of aromatic carboxylic acids is 1. The first-order valence-corrected chi connectivity index (χ1v) is 9.95. The van der Waals surface area contributed by atoms with Crippen LogP contribution in [0.15, 0.2) is 54.6 Å². The molecule has 0 aliphatic heterocycles. The minimum Gasteiger partial charge on any atom is -0.493 e. The summed E-state index contributed by atoms with van der Waals surface area (Å²) in [7, 11) is 1.56. The van der Waals surface area contributed by atoms with Gasteiger partial charge in [-0.1, -0.05) is 47.5 Å². The Kier molecular flexibility index (Phi) is 7.08. The fraction of sp³-hybridized carbons (Fsp3) is 0.174. The minimum absolute atomic E-state index is 0.256. The molecule has 0 aliphatic carbocycles. The lowest BCUT2D eigenvalue weighted by Gasteiger charge is -2.16. The summed E-state index contributed by atoms with van der Waals surface area (Å²) in [6, 6.07) is 16.1. The van der Waals surface area contributed by atoms with Crippen LogP contribution in [0.5, 0.6) is 11.5 Å². The van der Waals surface area contributed by atoms with E-state index in [0.717, 1.165) is 16.8 Å². The highest BCUT2D eigenvalue weighted by Gasteiger charge is 2.13. The summed E-state index contributed by atoms with van der Waals surface area (Å²) >= 11 is 12.6. The zero-order chi connectivity index (χ0) is 21.7. The van der Waals surface area contributed by atoms with Crippen LogP contribution < -0.4 is 14.8 Å². The summed E-state index contributed by atoms with van der Waals surface area (Å²) in [6.07, 6.45) is 0. The summed E-state index contributed by atoms with van der Waals surface area (Å²) in [5.74, 6) is 0.0883. The van der Waals surface area contributed by atoms with Crippen LogP contribution in [0.3, 0.4) is 0 Å². The molecule has 0 aromatic heterocycles. The van der Waals surface area contributed by atoms with E-state index >= 15 is 0 Å². The number of anilines is 1. The molecule has 3 rings (SSSR count). The Bertz CT molecular complexity index is 1070. The van der Waals surface area contributed by atoms with Crippen molar-refractivity contribution in [2.24, 2.45) is 0 Å². The third-order valence-electron chi connectivity index (χ3n) is 4.71. The fourth-order valence-corrected chi connectivity index (χ4v) is 3.42. The van der Waals surface area contributed by atoms with Gasteiger partial charge in [-0.3, -0.25) is 0 Å². The summed E-state index contributed by atoms with van der Waals surface area (Å²) < 4.78 is 11.3. The molecule has 0 fully saturated rings. The number of hydrogen-bond donors (Lipinski definition) is 2. The van der Waals surface area contributed by atoms with Gasteiger partial charge in [-0.05, 0) is 42.3 Å². The second-order valence-corrected chi connectivity index (χ2v) is 7.43. The molecule has 2 N–H and O–H groups in total. The molecule has 0 spiro atoms. The third-order valence-corrected chi connectivity index (χ3v) is 5.43. The quantitative estimate of drug-likeness (QED) is 0.431. The molecule has 5 nitrogen and oxygen atoms in total. The van der Waals surface area contributed by atoms with Crippen LogP contribution in [-0.2, 0) is 13.2 Å². The molecule has 0 atom stereocenters. The van der Waals surface area contributed by atoms with Crippen molar-refractivity contribution in [3.8, 4) is 11.5 Å². The highest BCUT2D eigenvalue weighted by molar-refractivity contribution is 6.31. The van der Waals surface area contributed by atoms with Gasteiger partial charge in [0.05, 0.1) is 12.7 Å². The third kappa shape index (κ3) is 4.99. The molecule has 0 amide bonds. The van der Waals surface area contributed by atoms with E-state index in [1.807, 2.05) is 24.3 Å². The first-order chi connectivity index (χ1) is 14.4. The van der Waals surface area contributed by atoms with Crippen molar-refractivity contribution in [3.05, 3.63) is 86.9 Å². The van der Waals surface area contributed by atoms with E-state index in [2.05, 4.69) is 5.32 Å². The predicted octanol–water partition coefficient (Wildman–Crippen LogP) is 6.20. The maximum atomic E-state index is 11.3. The number of ether oxygens (including phenoxy) is 2. The van der Waals surface area contributed by atoms with Crippen molar-refractivity contribution in [3.63, 3.8) is 0 Å². The minimum atomic E-state index is -0.962. The van der Waals surface area contributed by atoms with E-state index in [0.29, 0.717) is 33.7 Å². The zero-order valence-electron chi connectivity index (χ0n) is 16.5. The van der Waals surface area contributed by atoms with Crippen molar-refractivity contribution in [2.45, 2.75) is 20.1 Å². The molecular formula is C23H21Cl2NO4. The molecule has 30 heavy (non-hydrogen) atoms. The molecule has 156 valence electrons. The molecule has 0 unspecified atom stereocenters. The van der Waals surface area contributed by atoms with Crippen molar-refractivity contribution in [1.82, 2.24) is 0 Å². The smallest absolute Gasteiger partial charge is 0.336 e. The molecule has 0 bridgehead atoms. The van der Waals surface area contributed by atoms with Crippen LogP contribution in [0.25, 0.3) is 0 Å². The first kappa shape index (κ1) is 21.8.